The third kappa shape index (κ3) is 3.53. The first kappa shape index (κ1) is 9.26. The van der Waals surface area contributed by atoms with Gasteiger partial charge in [-0.2, -0.15) is 0 Å². The number of nitrogens with two attached hydrogens (primary N) is 1. The van der Waals surface area contributed by atoms with E-state index in [2.05, 4.69) is 0 Å². The highest BCUT2D eigenvalue weighted by atomic mass is 16.4. The standard InChI is InChI=1S/C9H15NO2/c10-8(7-5-6-7)3-1-2-4-9(11)12/h1-2,7-8H,3-6,10H2,(H,11,12)/b2-1+. The summed E-state index contributed by atoms with van der Waals surface area (Å²) in [5, 5.41) is 8.32. The largest absolute Gasteiger partial charge is 0.481 e. The maximum atomic E-state index is 10.1. The molecule has 1 aliphatic carbocycles. The number of carboxylic acid groups (broad SMARTS) is 1. The molecule has 1 fully saturated rings. The van der Waals surface area contributed by atoms with Crippen LogP contribution in [0.3, 0.4) is 0 Å². The summed E-state index contributed by atoms with van der Waals surface area (Å²) in [5.41, 5.74) is 5.80. The summed E-state index contributed by atoms with van der Waals surface area (Å²) >= 11 is 0. The molecule has 0 bridgehead atoms. The van der Waals surface area contributed by atoms with Crippen LogP contribution >= 0.6 is 0 Å². The Bertz CT molecular complexity index is 185. The molecule has 0 radical (unpaired) electrons. The summed E-state index contributed by atoms with van der Waals surface area (Å²) in [7, 11) is 0. The lowest BCUT2D eigenvalue weighted by molar-refractivity contribution is -0.136. The normalized spacial score (nSPS) is 19.8. The first-order valence-corrected chi connectivity index (χ1v) is 4.32. The Balaban J connectivity index is 2.06. The zero-order valence-electron chi connectivity index (χ0n) is 7.07. The van der Waals surface area contributed by atoms with Gasteiger partial charge in [-0.15, -0.1) is 0 Å². The third-order valence-corrected chi connectivity index (χ3v) is 2.09. The molecule has 1 rings (SSSR count). The maximum absolute atomic E-state index is 10.1. The molecule has 3 N–H and O–H groups in total. The fourth-order valence-corrected chi connectivity index (χ4v) is 1.15. The van der Waals surface area contributed by atoms with Gasteiger partial charge in [0.1, 0.15) is 0 Å². The molecule has 1 unspecified atom stereocenters. The lowest BCUT2D eigenvalue weighted by atomic mass is 10.1. The van der Waals surface area contributed by atoms with Crippen LogP contribution in [0.5, 0.6) is 0 Å². The molecule has 1 aliphatic rings. The Morgan fingerprint density at radius 3 is 2.75 bits per heavy atom. The lowest BCUT2D eigenvalue weighted by Crippen LogP contribution is -2.20. The van der Waals surface area contributed by atoms with Gasteiger partial charge in [-0.05, 0) is 25.2 Å². The summed E-state index contributed by atoms with van der Waals surface area (Å²) < 4.78 is 0. The van der Waals surface area contributed by atoms with Crippen molar-refractivity contribution >= 4 is 5.97 Å². The molecule has 3 heteroatoms. The molecular weight excluding hydrogens is 154 g/mol. The molecule has 0 aliphatic heterocycles. The number of carboxylic acids is 1. The summed E-state index contributed by atoms with van der Waals surface area (Å²) in [6.45, 7) is 0. The first-order valence-electron chi connectivity index (χ1n) is 4.32. The van der Waals surface area contributed by atoms with Gasteiger partial charge in [0, 0.05) is 6.04 Å². The molecule has 68 valence electrons. The van der Waals surface area contributed by atoms with E-state index in [0.717, 1.165) is 6.42 Å². The van der Waals surface area contributed by atoms with Gasteiger partial charge < -0.3 is 10.8 Å². The quantitative estimate of drug-likeness (QED) is 0.607. The van der Waals surface area contributed by atoms with Crippen LogP contribution in [0.25, 0.3) is 0 Å². The molecule has 0 aromatic rings. The summed E-state index contributed by atoms with van der Waals surface area (Å²) in [6.07, 6.45) is 6.96. The van der Waals surface area contributed by atoms with E-state index in [9.17, 15) is 4.79 Å². The van der Waals surface area contributed by atoms with Gasteiger partial charge in [-0.3, -0.25) is 4.79 Å². The fraction of sp³-hybridized carbons (Fsp3) is 0.667. The number of aliphatic carboxylic acids is 1. The average molecular weight is 169 g/mol. The molecule has 12 heavy (non-hydrogen) atoms. The van der Waals surface area contributed by atoms with E-state index < -0.39 is 5.97 Å². The molecule has 0 spiro atoms. The van der Waals surface area contributed by atoms with E-state index in [1.54, 1.807) is 6.08 Å². The molecule has 0 aromatic carbocycles. The fourth-order valence-electron chi connectivity index (χ4n) is 1.15. The van der Waals surface area contributed by atoms with E-state index in [-0.39, 0.29) is 12.5 Å². The van der Waals surface area contributed by atoms with Crippen molar-refractivity contribution in [2.24, 2.45) is 11.7 Å². The lowest BCUT2D eigenvalue weighted by Gasteiger charge is -2.04. The summed E-state index contributed by atoms with van der Waals surface area (Å²) in [5.74, 6) is -0.0919. The first-order chi connectivity index (χ1) is 5.70. The Labute approximate surface area is 72.3 Å². The zero-order chi connectivity index (χ0) is 8.97. The predicted octanol–water partition coefficient (Wildman–Crippen LogP) is 1.14. The second kappa shape index (κ2) is 4.26. The van der Waals surface area contributed by atoms with Gasteiger partial charge in [-0.25, -0.2) is 0 Å². The van der Waals surface area contributed by atoms with Crippen LogP contribution in [-0.4, -0.2) is 17.1 Å². The van der Waals surface area contributed by atoms with Crippen LogP contribution < -0.4 is 5.73 Å². The predicted molar refractivity (Wildman–Crippen MR) is 46.7 cm³/mol. The Morgan fingerprint density at radius 2 is 2.25 bits per heavy atom. The summed E-state index contributed by atoms with van der Waals surface area (Å²) in [6, 6.07) is 0.245. The van der Waals surface area contributed by atoms with Gasteiger partial charge in [0.15, 0.2) is 0 Å². The van der Waals surface area contributed by atoms with Gasteiger partial charge in [0.05, 0.1) is 6.42 Å². The van der Waals surface area contributed by atoms with Gasteiger partial charge >= 0.3 is 5.97 Å². The molecule has 3 nitrogen and oxygen atoms in total. The van der Waals surface area contributed by atoms with E-state index in [4.69, 9.17) is 10.8 Å². The van der Waals surface area contributed by atoms with Crippen molar-refractivity contribution in [2.75, 3.05) is 0 Å². The third-order valence-electron chi connectivity index (χ3n) is 2.09. The minimum absolute atomic E-state index is 0.109. The van der Waals surface area contributed by atoms with Crippen molar-refractivity contribution in [3.05, 3.63) is 12.2 Å². The van der Waals surface area contributed by atoms with Crippen LogP contribution in [0.15, 0.2) is 12.2 Å². The van der Waals surface area contributed by atoms with Gasteiger partial charge in [-0.1, -0.05) is 12.2 Å². The smallest absolute Gasteiger partial charge is 0.307 e. The molecule has 1 atom stereocenters. The number of rotatable bonds is 5. The molecule has 1 saturated carbocycles. The minimum atomic E-state index is -0.786. The molecular formula is C9H15NO2. The number of hydrogen-bond donors (Lipinski definition) is 2. The highest BCUT2D eigenvalue weighted by Crippen LogP contribution is 2.32. The van der Waals surface area contributed by atoms with Crippen LogP contribution in [0.4, 0.5) is 0 Å². The van der Waals surface area contributed by atoms with E-state index in [1.165, 1.54) is 12.8 Å². The van der Waals surface area contributed by atoms with Crippen LogP contribution in [0, 0.1) is 5.92 Å². The molecule has 0 heterocycles. The monoisotopic (exact) mass is 169 g/mol. The number of carbonyl (C=O) groups is 1. The van der Waals surface area contributed by atoms with Gasteiger partial charge in [0.25, 0.3) is 0 Å². The zero-order valence-corrected chi connectivity index (χ0v) is 7.07. The SMILES string of the molecule is NC(C/C=C/CC(=O)O)C1CC1. The highest BCUT2D eigenvalue weighted by Gasteiger charge is 2.27. The van der Waals surface area contributed by atoms with E-state index in [1.807, 2.05) is 6.08 Å². The highest BCUT2D eigenvalue weighted by molar-refractivity contribution is 5.68. The topological polar surface area (TPSA) is 63.3 Å². The molecule has 0 aromatic heterocycles. The maximum Gasteiger partial charge on any atom is 0.307 e. The van der Waals surface area contributed by atoms with Crippen molar-refractivity contribution in [1.82, 2.24) is 0 Å². The summed E-state index contributed by atoms with van der Waals surface area (Å²) in [4.78, 5) is 10.1. The Hall–Kier alpha value is -0.830. The van der Waals surface area contributed by atoms with E-state index >= 15 is 0 Å². The van der Waals surface area contributed by atoms with Crippen molar-refractivity contribution in [3.63, 3.8) is 0 Å². The average Bonchev–Trinajstić information content (AvgIpc) is 2.79. The molecule has 0 saturated heterocycles. The second-order valence-electron chi connectivity index (χ2n) is 3.31. The van der Waals surface area contributed by atoms with Crippen molar-refractivity contribution in [3.8, 4) is 0 Å². The second-order valence-corrected chi connectivity index (χ2v) is 3.31. The van der Waals surface area contributed by atoms with Crippen LogP contribution in [0.2, 0.25) is 0 Å². The Kier molecular flexibility index (Phi) is 3.29. The van der Waals surface area contributed by atoms with E-state index in [0.29, 0.717) is 5.92 Å². The van der Waals surface area contributed by atoms with Crippen molar-refractivity contribution in [1.29, 1.82) is 0 Å². The van der Waals surface area contributed by atoms with Crippen LogP contribution in [0.1, 0.15) is 25.7 Å². The van der Waals surface area contributed by atoms with Crippen molar-refractivity contribution < 1.29 is 9.90 Å². The minimum Gasteiger partial charge on any atom is -0.481 e. The molecule has 0 amide bonds. The van der Waals surface area contributed by atoms with Crippen molar-refractivity contribution in [2.45, 2.75) is 31.7 Å². The van der Waals surface area contributed by atoms with Crippen LogP contribution in [-0.2, 0) is 4.79 Å². The Morgan fingerprint density at radius 1 is 1.58 bits per heavy atom. The van der Waals surface area contributed by atoms with Gasteiger partial charge in [0.2, 0.25) is 0 Å². The number of hydrogen-bond acceptors (Lipinski definition) is 2.